The van der Waals surface area contributed by atoms with Gasteiger partial charge in [-0.05, 0) is 36.2 Å². The molecule has 0 spiro atoms. The van der Waals surface area contributed by atoms with Crippen LogP contribution in [0.1, 0.15) is 23.6 Å². The Kier molecular flexibility index (Phi) is 4.37. The number of hydrogen-bond acceptors (Lipinski definition) is 2. The number of alkyl halides is 3. The molecule has 27 heavy (non-hydrogen) atoms. The quantitative estimate of drug-likeness (QED) is 0.691. The van der Waals surface area contributed by atoms with Crippen molar-refractivity contribution in [2.75, 3.05) is 13.1 Å². The van der Waals surface area contributed by atoms with Crippen LogP contribution in [-0.4, -0.2) is 33.4 Å². The summed E-state index contributed by atoms with van der Waals surface area (Å²) in [6.45, 7) is 1.26. The number of para-hydroxylation sites is 2. The van der Waals surface area contributed by atoms with Crippen molar-refractivity contribution in [3.05, 3.63) is 66.0 Å². The molecule has 1 aliphatic rings. The van der Waals surface area contributed by atoms with Crippen LogP contribution in [0.3, 0.4) is 0 Å². The summed E-state index contributed by atoms with van der Waals surface area (Å²) < 4.78 is 39.8. The molecule has 2 heterocycles. The number of likely N-dealkylation sites (tertiary alicyclic amines) is 1. The van der Waals surface area contributed by atoms with Crippen molar-refractivity contribution in [2.45, 2.75) is 25.1 Å². The standard InChI is InChI=1S/C20H18F3N3O/c21-20(22,23)15-8-5-14(6-9-15)7-10-19(27)25-11-16(12-25)26-13-24-17-3-1-2-4-18(17)26/h1-6,8-9,13,16H,7,10-12H2. The minimum Gasteiger partial charge on any atom is -0.338 e. The summed E-state index contributed by atoms with van der Waals surface area (Å²) in [4.78, 5) is 18.5. The van der Waals surface area contributed by atoms with Crippen LogP contribution in [0, 0.1) is 0 Å². The van der Waals surface area contributed by atoms with Crippen LogP contribution in [0.4, 0.5) is 13.2 Å². The van der Waals surface area contributed by atoms with Crippen molar-refractivity contribution in [1.29, 1.82) is 0 Å². The number of halogens is 3. The summed E-state index contributed by atoms with van der Waals surface area (Å²) >= 11 is 0. The van der Waals surface area contributed by atoms with Crippen molar-refractivity contribution < 1.29 is 18.0 Å². The van der Waals surface area contributed by atoms with Gasteiger partial charge < -0.3 is 9.47 Å². The second-order valence-electron chi connectivity index (χ2n) is 6.79. The third-order valence-corrected chi connectivity index (χ3v) is 5.00. The van der Waals surface area contributed by atoms with E-state index in [0.717, 1.165) is 28.7 Å². The van der Waals surface area contributed by atoms with E-state index in [1.165, 1.54) is 12.1 Å². The van der Waals surface area contributed by atoms with Gasteiger partial charge in [0.15, 0.2) is 0 Å². The number of rotatable bonds is 4. The molecule has 0 atom stereocenters. The molecule has 0 aliphatic carbocycles. The Bertz CT molecular complexity index is 957. The molecule has 1 amide bonds. The summed E-state index contributed by atoms with van der Waals surface area (Å²) in [7, 11) is 0. The largest absolute Gasteiger partial charge is 0.416 e. The molecule has 1 saturated heterocycles. The van der Waals surface area contributed by atoms with Gasteiger partial charge in [-0.25, -0.2) is 4.98 Å². The fraction of sp³-hybridized carbons (Fsp3) is 0.300. The van der Waals surface area contributed by atoms with Crippen molar-refractivity contribution in [3.8, 4) is 0 Å². The molecule has 4 rings (SSSR count). The molecule has 2 aromatic carbocycles. The Morgan fingerprint density at radius 2 is 1.78 bits per heavy atom. The highest BCUT2D eigenvalue weighted by Gasteiger charge is 2.32. The zero-order chi connectivity index (χ0) is 19.0. The van der Waals surface area contributed by atoms with E-state index in [9.17, 15) is 18.0 Å². The van der Waals surface area contributed by atoms with Gasteiger partial charge in [-0.1, -0.05) is 24.3 Å². The number of aromatic nitrogens is 2. The first-order valence-corrected chi connectivity index (χ1v) is 8.77. The Hall–Kier alpha value is -2.83. The van der Waals surface area contributed by atoms with Gasteiger partial charge >= 0.3 is 6.18 Å². The lowest BCUT2D eigenvalue weighted by Crippen LogP contribution is -2.50. The Morgan fingerprint density at radius 3 is 2.48 bits per heavy atom. The third kappa shape index (κ3) is 3.54. The predicted molar refractivity (Wildman–Crippen MR) is 95.1 cm³/mol. The molecule has 1 aromatic heterocycles. The molecule has 0 bridgehead atoms. The van der Waals surface area contributed by atoms with E-state index in [1.54, 1.807) is 11.2 Å². The van der Waals surface area contributed by atoms with Crippen LogP contribution in [0.2, 0.25) is 0 Å². The number of fused-ring (bicyclic) bond motifs is 1. The van der Waals surface area contributed by atoms with Crippen molar-refractivity contribution in [2.24, 2.45) is 0 Å². The molecule has 0 saturated carbocycles. The lowest BCUT2D eigenvalue weighted by Gasteiger charge is -2.40. The van der Waals surface area contributed by atoms with E-state index in [4.69, 9.17) is 0 Å². The zero-order valence-corrected chi connectivity index (χ0v) is 14.5. The Labute approximate surface area is 154 Å². The summed E-state index contributed by atoms with van der Waals surface area (Å²) in [5.41, 5.74) is 2.05. The first-order valence-electron chi connectivity index (χ1n) is 8.77. The fourth-order valence-electron chi connectivity index (χ4n) is 3.37. The average Bonchev–Trinajstić information content (AvgIpc) is 3.02. The van der Waals surface area contributed by atoms with Crippen molar-refractivity contribution in [1.82, 2.24) is 14.5 Å². The molecule has 7 heteroatoms. The van der Waals surface area contributed by atoms with Crippen LogP contribution in [0.5, 0.6) is 0 Å². The summed E-state index contributed by atoms with van der Waals surface area (Å²) in [6.07, 6.45) is -1.80. The maximum atomic E-state index is 12.6. The van der Waals surface area contributed by atoms with Gasteiger partial charge in [-0.3, -0.25) is 4.79 Å². The smallest absolute Gasteiger partial charge is 0.338 e. The minimum atomic E-state index is -4.33. The SMILES string of the molecule is O=C(CCc1ccc(C(F)(F)F)cc1)N1CC(n2cnc3ccccc32)C1. The lowest BCUT2D eigenvalue weighted by atomic mass is 10.0. The van der Waals surface area contributed by atoms with Crippen LogP contribution in [-0.2, 0) is 17.4 Å². The third-order valence-electron chi connectivity index (χ3n) is 5.00. The van der Waals surface area contributed by atoms with Gasteiger partial charge in [0.05, 0.1) is 29.0 Å². The minimum absolute atomic E-state index is 0.0237. The molecular formula is C20H18F3N3O. The van der Waals surface area contributed by atoms with Gasteiger partial charge in [-0.2, -0.15) is 13.2 Å². The van der Waals surface area contributed by atoms with Gasteiger partial charge in [0.25, 0.3) is 0 Å². The van der Waals surface area contributed by atoms with Crippen LogP contribution < -0.4 is 0 Å². The van der Waals surface area contributed by atoms with Crippen molar-refractivity contribution in [3.63, 3.8) is 0 Å². The molecular weight excluding hydrogens is 355 g/mol. The molecule has 0 radical (unpaired) electrons. The van der Waals surface area contributed by atoms with E-state index >= 15 is 0 Å². The number of hydrogen-bond donors (Lipinski definition) is 0. The molecule has 140 valence electrons. The summed E-state index contributed by atoms with van der Waals surface area (Å²) in [5.74, 6) is 0.0237. The first-order chi connectivity index (χ1) is 12.9. The molecule has 0 unspecified atom stereocenters. The number of nitrogens with zero attached hydrogens (tertiary/aromatic N) is 3. The number of benzene rings is 2. The number of aryl methyl sites for hydroxylation is 1. The average molecular weight is 373 g/mol. The van der Waals surface area contributed by atoms with Crippen LogP contribution in [0.15, 0.2) is 54.9 Å². The van der Waals surface area contributed by atoms with Gasteiger partial charge in [0.2, 0.25) is 5.91 Å². The van der Waals surface area contributed by atoms with Crippen LogP contribution >= 0.6 is 0 Å². The van der Waals surface area contributed by atoms with Gasteiger partial charge in [0.1, 0.15) is 0 Å². The second-order valence-corrected chi connectivity index (χ2v) is 6.79. The summed E-state index contributed by atoms with van der Waals surface area (Å²) in [6, 6.07) is 13.1. The fourth-order valence-corrected chi connectivity index (χ4v) is 3.37. The number of carbonyl (C=O) groups excluding carboxylic acids is 1. The molecule has 1 fully saturated rings. The predicted octanol–water partition coefficient (Wildman–Crippen LogP) is 4.07. The monoisotopic (exact) mass is 373 g/mol. The number of carbonyl (C=O) groups is 1. The zero-order valence-electron chi connectivity index (χ0n) is 14.5. The summed E-state index contributed by atoms with van der Waals surface area (Å²) in [5, 5.41) is 0. The number of amides is 1. The maximum absolute atomic E-state index is 12.6. The highest BCUT2D eigenvalue weighted by atomic mass is 19.4. The topological polar surface area (TPSA) is 38.1 Å². The highest BCUT2D eigenvalue weighted by Crippen LogP contribution is 2.29. The van der Waals surface area contributed by atoms with E-state index < -0.39 is 11.7 Å². The van der Waals surface area contributed by atoms with Crippen LogP contribution in [0.25, 0.3) is 11.0 Å². The molecule has 3 aromatic rings. The van der Waals surface area contributed by atoms with E-state index in [-0.39, 0.29) is 11.9 Å². The maximum Gasteiger partial charge on any atom is 0.416 e. The highest BCUT2D eigenvalue weighted by molar-refractivity contribution is 5.78. The van der Waals surface area contributed by atoms with Gasteiger partial charge in [0, 0.05) is 19.5 Å². The second kappa shape index (κ2) is 6.72. The molecule has 0 N–H and O–H groups in total. The van der Waals surface area contributed by atoms with E-state index in [0.29, 0.717) is 25.9 Å². The van der Waals surface area contributed by atoms with E-state index in [1.807, 2.05) is 24.3 Å². The molecule has 1 aliphatic heterocycles. The number of imidazole rings is 1. The molecule has 4 nitrogen and oxygen atoms in total. The van der Waals surface area contributed by atoms with Crippen molar-refractivity contribution >= 4 is 16.9 Å². The Morgan fingerprint density at radius 1 is 1.07 bits per heavy atom. The first kappa shape index (κ1) is 17.6. The Balaban J connectivity index is 1.30. The lowest BCUT2D eigenvalue weighted by molar-refractivity contribution is -0.138. The van der Waals surface area contributed by atoms with E-state index in [2.05, 4.69) is 9.55 Å². The normalized spacial score (nSPS) is 15.1. The van der Waals surface area contributed by atoms with Gasteiger partial charge in [-0.15, -0.1) is 0 Å².